The molecule has 17 N–H and O–H groups in total. The van der Waals surface area contributed by atoms with E-state index in [2.05, 4.69) is 25.9 Å². The van der Waals surface area contributed by atoms with Crippen molar-refractivity contribution >= 4 is 41.5 Å². The maximum absolute atomic E-state index is 12.8. The molecule has 4 atom stereocenters. The molecule has 0 saturated carbocycles. The lowest BCUT2D eigenvalue weighted by Gasteiger charge is -2.24. The van der Waals surface area contributed by atoms with Crippen molar-refractivity contribution in [1.29, 1.82) is 0 Å². The minimum absolute atomic E-state index is 0.0394. The fraction of sp³-hybridized carbons (Fsp3) is 0.650. The average Bonchev–Trinajstić information content (AvgIpc) is 2.83. The molecule has 0 bridgehead atoms. The molecule has 0 aliphatic rings. The van der Waals surface area contributed by atoms with Crippen LogP contribution in [0.15, 0.2) is 9.98 Å². The Bertz CT molecular complexity index is 873. The smallest absolute Gasteiger partial charge is 0.326 e. The van der Waals surface area contributed by atoms with Crippen LogP contribution in [0.4, 0.5) is 0 Å². The highest BCUT2D eigenvalue weighted by molar-refractivity contribution is 5.94. The lowest BCUT2D eigenvalue weighted by Crippen LogP contribution is -2.58. The van der Waals surface area contributed by atoms with E-state index >= 15 is 0 Å². The van der Waals surface area contributed by atoms with Gasteiger partial charge in [0, 0.05) is 19.5 Å². The van der Waals surface area contributed by atoms with Gasteiger partial charge in [0.1, 0.15) is 18.1 Å². The summed E-state index contributed by atoms with van der Waals surface area (Å²) in [6, 6.07) is -5.30. The zero-order chi connectivity index (χ0) is 29.3. The number of nitrogens with zero attached hydrogens (tertiary/aromatic N) is 2. The number of carbonyl (C=O) groups is 5. The van der Waals surface area contributed by atoms with Crippen LogP contribution in [-0.4, -0.2) is 95.6 Å². The first-order chi connectivity index (χ1) is 17.8. The number of carboxylic acid groups (broad SMARTS) is 1. The predicted octanol–water partition coefficient (Wildman–Crippen LogP) is -5.78. The highest BCUT2D eigenvalue weighted by Gasteiger charge is 2.30. The Kier molecular flexibility index (Phi) is 16.1. The minimum Gasteiger partial charge on any atom is -0.480 e. The van der Waals surface area contributed by atoms with E-state index in [4.69, 9.17) is 34.4 Å². The van der Waals surface area contributed by atoms with Gasteiger partial charge in [0.2, 0.25) is 23.6 Å². The van der Waals surface area contributed by atoms with E-state index in [0.717, 1.165) is 0 Å². The summed E-state index contributed by atoms with van der Waals surface area (Å²) in [6.45, 7) is -0.535. The summed E-state index contributed by atoms with van der Waals surface area (Å²) in [5, 5.41) is 25.8. The Morgan fingerprint density at radius 1 is 0.684 bits per heavy atom. The van der Waals surface area contributed by atoms with Crippen LogP contribution in [0.2, 0.25) is 0 Å². The number of rotatable bonds is 19. The SMILES string of the molecule is NC(=O)CCC(NC(=O)C(N)CCCN=C(N)N)C(=O)NC(CO)C(=O)NC(CCCN=C(N)N)C(=O)O. The molecular weight excluding hydrogens is 506 g/mol. The van der Waals surface area contributed by atoms with E-state index in [9.17, 15) is 34.2 Å². The lowest BCUT2D eigenvalue weighted by atomic mass is 10.1. The van der Waals surface area contributed by atoms with Crippen LogP contribution in [0, 0.1) is 0 Å². The number of carboxylic acids is 1. The second kappa shape index (κ2) is 18.1. The fourth-order valence-corrected chi connectivity index (χ4v) is 2.98. The number of hydrogen-bond donors (Lipinski definition) is 11. The number of aliphatic carboxylic acids is 1. The highest BCUT2D eigenvalue weighted by Crippen LogP contribution is 2.03. The number of primary amides is 1. The molecule has 0 radical (unpaired) electrons. The molecule has 4 amide bonds. The van der Waals surface area contributed by atoms with Gasteiger partial charge < -0.3 is 60.6 Å². The van der Waals surface area contributed by atoms with Crippen LogP contribution >= 0.6 is 0 Å². The van der Waals surface area contributed by atoms with E-state index in [0.29, 0.717) is 6.42 Å². The van der Waals surface area contributed by atoms with Gasteiger partial charge in [-0.1, -0.05) is 0 Å². The summed E-state index contributed by atoms with van der Waals surface area (Å²) in [7, 11) is 0. The summed E-state index contributed by atoms with van der Waals surface area (Å²) >= 11 is 0. The number of aliphatic hydroxyl groups is 1. The van der Waals surface area contributed by atoms with Crippen LogP contribution in [0.5, 0.6) is 0 Å². The van der Waals surface area contributed by atoms with Crippen molar-refractivity contribution in [1.82, 2.24) is 16.0 Å². The topological polar surface area (TPSA) is 343 Å². The predicted molar refractivity (Wildman–Crippen MR) is 137 cm³/mol. The first kappa shape index (κ1) is 33.8. The monoisotopic (exact) mass is 545 g/mol. The zero-order valence-corrected chi connectivity index (χ0v) is 21.0. The van der Waals surface area contributed by atoms with Crippen molar-refractivity contribution < 1.29 is 34.2 Å². The zero-order valence-electron chi connectivity index (χ0n) is 21.0. The summed E-state index contributed by atoms with van der Waals surface area (Å²) in [6.07, 6.45) is 0.213. The molecule has 0 aromatic heterocycles. The first-order valence-corrected chi connectivity index (χ1v) is 11.7. The Morgan fingerprint density at radius 3 is 1.63 bits per heavy atom. The summed E-state index contributed by atoms with van der Waals surface area (Å²) in [5.74, 6) is -5.04. The molecule has 38 heavy (non-hydrogen) atoms. The number of nitrogens with two attached hydrogens (primary N) is 6. The third kappa shape index (κ3) is 15.0. The number of aliphatic imine (C=N–C) groups is 2. The van der Waals surface area contributed by atoms with E-state index in [1.165, 1.54) is 0 Å². The number of amides is 4. The third-order valence-electron chi connectivity index (χ3n) is 4.99. The number of guanidine groups is 2. The summed E-state index contributed by atoms with van der Waals surface area (Å²) < 4.78 is 0. The Morgan fingerprint density at radius 2 is 1.16 bits per heavy atom. The van der Waals surface area contributed by atoms with Crippen LogP contribution in [0.3, 0.4) is 0 Å². The van der Waals surface area contributed by atoms with Gasteiger partial charge in [-0.15, -0.1) is 0 Å². The minimum atomic E-state index is -1.57. The fourth-order valence-electron chi connectivity index (χ4n) is 2.98. The van der Waals surface area contributed by atoms with E-state index in [1.54, 1.807) is 0 Å². The van der Waals surface area contributed by atoms with Gasteiger partial charge in [0.05, 0.1) is 12.6 Å². The number of hydrogen-bond acceptors (Lipinski definition) is 9. The molecule has 18 heteroatoms. The van der Waals surface area contributed by atoms with Gasteiger partial charge in [-0.3, -0.25) is 29.2 Å². The molecule has 0 rings (SSSR count). The molecule has 0 heterocycles. The van der Waals surface area contributed by atoms with Gasteiger partial charge in [0.15, 0.2) is 11.9 Å². The van der Waals surface area contributed by atoms with Crippen LogP contribution < -0.4 is 50.4 Å². The van der Waals surface area contributed by atoms with Crippen molar-refractivity contribution in [3.63, 3.8) is 0 Å². The Hall–Kier alpha value is -4.19. The highest BCUT2D eigenvalue weighted by atomic mass is 16.4. The molecule has 4 unspecified atom stereocenters. The Labute approximate surface area is 219 Å². The number of nitrogens with one attached hydrogen (secondary N) is 3. The van der Waals surface area contributed by atoms with Gasteiger partial charge in [0.25, 0.3) is 0 Å². The van der Waals surface area contributed by atoms with Gasteiger partial charge in [-0.05, 0) is 32.1 Å². The largest absolute Gasteiger partial charge is 0.480 e. The summed E-state index contributed by atoms with van der Waals surface area (Å²) in [5.41, 5.74) is 31.8. The molecule has 216 valence electrons. The molecule has 0 aliphatic heterocycles. The summed E-state index contributed by atoms with van der Waals surface area (Å²) in [4.78, 5) is 68.0. The molecule has 0 aliphatic carbocycles. The normalized spacial score (nSPS) is 13.6. The molecule has 0 aromatic rings. The number of carbonyl (C=O) groups excluding carboxylic acids is 4. The Balaban J connectivity index is 5.23. The van der Waals surface area contributed by atoms with Crippen molar-refractivity contribution in [3.8, 4) is 0 Å². The first-order valence-electron chi connectivity index (χ1n) is 11.7. The van der Waals surface area contributed by atoms with E-state index < -0.39 is 60.4 Å². The maximum Gasteiger partial charge on any atom is 0.326 e. The van der Waals surface area contributed by atoms with Crippen molar-refractivity contribution in [3.05, 3.63) is 0 Å². The average molecular weight is 546 g/mol. The molecule has 18 nitrogen and oxygen atoms in total. The second-order valence-electron chi connectivity index (χ2n) is 8.21. The maximum atomic E-state index is 12.8. The van der Waals surface area contributed by atoms with Crippen LogP contribution in [0.1, 0.15) is 38.5 Å². The molecule has 0 spiro atoms. The van der Waals surface area contributed by atoms with Gasteiger partial charge in [-0.2, -0.15) is 0 Å². The van der Waals surface area contributed by atoms with Crippen molar-refractivity contribution in [2.75, 3.05) is 19.7 Å². The molecule has 0 fully saturated rings. The van der Waals surface area contributed by atoms with E-state index in [-0.39, 0.29) is 57.1 Å². The quantitative estimate of drug-likeness (QED) is 0.0410. The second-order valence-corrected chi connectivity index (χ2v) is 8.21. The van der Waals surface area contributed by atoms with Crippen molar-refractivity contribution in [2.45, 2.75) is 62.7 Å². The van der Waals surface area contributed by atoms with E-state index in [1.807, 2.05) is 0 Å². The van der Waals surface area contributed by atoms with Crippen molar-refractivity contribution in [2.24, 2.45) is 44.4 Å². The third-order valence-corrected chi connectivity index (χ3v) is 4.99. The van der Waals surface area contributed by atoms with Gasteiger partial charge in [-0.25, -0.2) is 4.79 Å². The van der Waals surface area contributed by atoms with Crippen LogP contribution in [0.25, 0.3) is 0 Å². The number of aliphatic hydroxyl groups excluding tert-OH is 1. The molecule has 0 aromatic carbocycles. The van der Waals surface area contributed by atoms with Crippen LogP contribution in [-0.2, 0) is 24.0 Å². The molecule has 0 saturated heterocycles. The molecular formula is C20H39N11O7. The van der Waals surface area contributed by atoms with Gasteiger partial charge >= 0.3 is 5.97 Å². The lowest BCUT2D eigenvalue weighted by molar-refractivity contribution is -0.142. The standard InChI is InChI=1S/C20H39N11O7/c21-10(3-1-7-27-19(23)24)15(34)29-11(5-6-14(22)33)16(35)31-13(9-32)17(36)30-12(18(37)38)4-2-8-28-20(25)26/h10-13,32H,1-9,21H2,(H2,22,33)(H,29,34)(H,30,36)(H,31,35)(H,37,38)(H4,23,24,27)(H4,25,26,28).